The van der Waals surface area contributed by atoms with E-state index in [0.29, 0.717) is 17.8 Å². The second kappa shape index (κ2) is 4.13. The van der Waals surface area contributed by atoms with Gasteiger partial charge in [-0.25, -0.2) is 0 Å². The predicted molar refractivity (Wildman–Crippen MR) is 92.2 cm³/mol. The van der Waals surface area contributed by atoms with Crippen molar-refractivity contribution in [3.05, 3.63) is 82.5 Å². The van der Waals surface area contributed by atoms with Crippen molar-refractivity contribution in [2.45, 2.75) is 26.7 Å². The van der Waals surface area contributed by atoms with E-state index in [1.54, 1.807) is 11.1 Å². The van der Waals surface area contributed by atoms with Gasteiger partial charge in [0, 0.05) is 5.41 Å². The SMILES string of the molecule is CC1C2=CCC34C(=CC=CC3=C2)C=CC2=C4CC(C=C2)C1C. The molecule has 0 aromatic carbocycles. The first-order chi connectivity index (χ1) is 10.7. The molecule has 0 radical (unpaired) electrons. The van der Waals surface area contributed by atoms with Gasteiger partial charge in [0.1, 0.15) is 0 Å². The minimum absolute atomic E-state index is 0.134. The quantitative estimate of drug-likeness (QED) is 0.555. The largest absolute Gasteiger partial charge is 0.0802 e. The Balaban J connectivity index is 1.84. The molecule has 0 amide bonds. The van der Waals surface area contributed by atoms with Crippen LogP contribution in [-0.4, -0.2) is 0 Å². The summed E-state index contributed by atoms with van der Waals surface area (Å²) in [6, 6.07) is 0. The Morgan fingerprint density at radius 3 is 2.86 bits per heavy atom. The van der Waals surface area contributed by atoms with Gasteiger partial charge < -0.3 is 0 Å². The molecule has 0 saturated carbocycles. The van der Waals surface area contributed by atoms with Gasteiger partial charge in [-0.05, 0) is 58.5 Å². The minimum atomic E-state index is 0.134. The van der Waals surface area contributed by atoms with Crippen molar-refractivity contribution >= 4 is 0 Å². The molecule has 0 aromatic rings. The van der Waals surface area contributed by atoms with Gasteiger partial charge in [-0.2, -0.15) is 0 Å². The first-order valence-corrected chi connectivity index (χ1v) is 8.61. The van der Waals surface area contributed by atoms with Crippen LogP contribution in [0.25, 0.3) is 0 Å². The fourth-order valence-electron chi connectivity index (χ4n) is 5.15. The van der Waals surface area contributed by atoms with Crippen LogP contribution in [0.4, 0.5) is 0 Å². The molecule has 0 fully saturated rings. The van der Waals surface area contributed by atoms with Crippen LogP contribution in [-0.2, 0) is 0 Å². The number of rotatable bonds is 0. The molecule has 0 saturated heterocycles. The van der Waals surface area contributed by atoms with E-state index in [0.717, 1.165) is 6.42 Å². The van der Waals surface area contributed by atoms with E-state index >= 15 is 0 Å². The summed E-state index contributed by atoms with van der Waals surface area (Å²) in [6.07, 6.45) is 23.9. The third kappa shape index (κ3) is 1.39. The Labute approximate surface area is 133 Å². The topological polar surface area (TPSA) is 0 Å². The minimum Gasteiger partial charge on any atom is -0.0802 e. The van der Waals surface area contributed by atoms with E-state index < -0.39 is 0 Å². The lowest BCUT2D eigenvalue weighted by atomic mass is 9.57. The number of hydrogen-bond donors (Lipinski definition) is 0. The Hall–Kier alpha value is -1.82. The van der Waals surface area contributed by atoms with E-state index in [2.05, 4.69) is 68.5 Å². The van der Waals surface area contributed by atoms with E-state index in [1.807, 2.05) is 0 Å². The second-order valence-electron chi connectivity index (χ2n) is 7.54. The van der Waals surface area contributed by atoms with E-state index in [9.17, 15) is 0 Å². The summed E-state index contributed by atoms with van der Waals surface area (Å²) in [7, 11) is 0. The lowest BCUT2D eigenvalue weighted by molar-refractivity contribution is 0.333. The van der Waals surface area contributed by atoms with Crippen molar-refractivity contribution in [3.63, 3.8) is 0 Å². The fourth-order valence-corrected chi connectivity index (χ4v) is 5.15. The summed E-state index contributed by atoms with van der Waals surface area (Å²) in [6.45, 7) is 4.86. The average Bonchev–Trinajstić information content (AvgIpc) is 2.62. The van der Waals surface area contributed by atoms with Crippen molar-refractivity contribution in [2.24, 2.45) is 23.2 Å². The molecule has 0 aromatic heterocycles. The predicted octanol–water partition coefficient (Wildman–Crippen LogP) is 5.45. The molecule has 4 unspecified atom stereocenters. The molecule has 4 bridgehead atoms. The third-order valence-corrected chi connectivity index (χ3v) is 6.76. The van der Waals surface area contributed by atoms with Gasteiger partial charge in [-0.15, -0.1) is 0 Å². The summed E-state index contributed by atoms with van der Waals surface area (Å²) < 4.78 is 0. The molecule has 22 heavy (non-hydrogen) atoms. The molecule has 4 atom stereocenters. The van der Waals surface area contributed by atoms with Crippen LogP contribution in [0.15, 0.2) is 82.5 Å². The van der Waals surface area contributed by atoms with Gasteiger partial charge in [0.25, 0.3) is 0 Å². The molecule has 0 N–H and O–H groups in total. The molecule has 1 spiro atoms. The molecule has 6 aliphatic rings. The van der Waals surface area contributed by atoms with E-state index in [1.165, 1.54) is 23.1 Å². The van der Waals surface area contributed by atoms with Gasteiger partial charge in [-0.1, -0.05) is 68.5 Å². The highest BCUT2D eigenvalue weighted by atomic mass is 14.5. The lowest BCUT2D eigenvalue weighted by Gasteiger charge is -2.45. The monoisotopic (exact) mass is 286 g/mol. The van der Waals surface area contributed by atoms with Gasteiger partial charge in [0.2, 0.25) is 0 Å². The normalized spacial score (nSPS) is 40.6. The van der Waals surface area contributed by atoms with Crippen LogP contribution in [0.3, 0.4) is 0 Å². The summed E-state index contributed by atoms with van der Waals surface area (Å²) in [5.41, 5.74) is 7.83. The highest BCUT2D eigenvalue weighted by Crippen LogP contribution is 2.59. The molecule has 0 heteroatoms. The summed E-state index contributed by atoms with van der Waals surface area (Å²) in [5.74, 6) is 2.02. The van der Waals surface area contributed by atoms with Crippen molar-refractivity contribution in [1.29, 1.82) is 0 Å². The van der Waals surface area contributed by atoms with Gasteiger partial charge in [-0.3, -0.25) is 0 Å². The highest BCUT2D eigenvalue weighted by molar-refractivity contribution is 5.65. The van der Waals surface area contributed by atoms with Crippen LogP contribution in [0.1, 0.15) is 26.7 Å². The Morgan fingerprint density at radius 2 is 1.95 bits per heavy atom. The Morgan fingerprint density at radius 1 is 1.05 bits per heavy atom. The lowest BCUT2D eigenvalue weighted by Crippen LogP contribution is -2.33. The molecule has 0 aliphatic heterocycles. The maximum absolute atomic E-state index is 2.53. The summed E-state index contributed by atoms with van der Waals surface area (Å²) in [5, 5.41) is 0. The molecular formula is C22H22. The number of fused-ring (bicyclic) bond motifs is 2. The zero-order chi connectivity index (χ0) is 14.9. The number of allylic oxidation sites excluding steroid dienone is 14. The maximum Gasteiger partial charge on any atom is 0.0454 e. The molecule has 6 aliphatic carbocycles. The zero-order valence-electron chi connectivity index (χ0n) is 13.3. The van der Waals surface area contributed by atoms with Crippen molar-refractivity contribution < 1.29 is 0 Å². The van der Waals surface area contributed by atoms with Crippen molar-refractivity contribution in [1.82, 2.24) is 0 Å². The molecule has 0 heterocycles. The van der Waals surface area contributed by atoms with Crippen LogP contribution in [0.5, 0.6) is 0 Å². The van der Waals surface area contributed by atoms with Gasteiger partial charge in [0.05, 0.1) is 0 Å². The van der Waals surface area contributed by atoms with E-state index in [4.69, 9.17) is 0 Å². The Bertz CT molecular complexity index is 775. The molecule has 0 nitrogen and oxygen atoms in total. The maximum atomic E-state index is 2.53. The summed E-state index contributed by atoms with van der Waals surface area (Å²) in [4.78, 5) is 0. The average molecular weight is 286 g/mol. The third-order valence-electron chi connectivity index (χ3n) is 6.76. The highest BCUT2D eigenvalue weighted by Gasteiger charge is 2.47. The molecular weight excluding hydrogens is 264 g/mol. The first-order valence-electron chi connectivity index (χ1n) is 8.61. The van der Waals surface area contributed by atoms with Gasteiger partial charge in [0.15, 0.2) is 0 Å². The number of hydrogen-bond acceptors (Lipinski definition) is 0. The fraction of sp³-hybridized carbons (Fsp3) is 0.364. The van der Waals surface area contributed by atoms with Crippen molar-refractivity contribution in [2.75, 3.05) is 0 Å². The molecule has 110 valence electrons. The van der Waals surface area contributed by atoms with Crippen LogP contribution < -0.4 is 0 Å². The zero-order valence-corrected chi connectivity index (χ0v) is 13.3. The van der Waals surface area contributed by atoms with Crippen LogP contribution >= 0.6 is 0 Å². The van der Waals surface area contributed by atoms with Crippen LogP contribution in [0, 0.1) is 23.2 Å². The second-order valence-corrected chi connectivity index (χ2v) is 7.54. The van der Waals surface area contributed by atoms with Gasteiger partial charge >= 0.3 is 0 Å². The van der Waals surface area contributed by atoms with E-state index in [-0.39, 0.29) is 5.41 Å². The van der Waals surface area contributed by atoms with Crippen LogP contribution in [0.2, 0.25) is 0 Å². The smallest absolute Gasteiger partial charge is 0.0454 e. The first kappa shape index (κ1) is 12.7. The Kier molecular flexibility index (Phi) is 2.38. The molecule has 6 rings (SSSR count). The summed E-state index contributed by atoms with van der Waals surface area (Å²) >= 11 is 0. The standard InChI is InChI=1S/C22H22/c1-14-15(2)18-10-11-22-19(4-3-5-20(22)12-18)9-8-16-6-7-17(14)13-21(16)22/h3-10,12,14-15,17H,11,13H2,1-2H3. The van der Waals surface area contributed by atoms with Crippen molar-refractivity contribution in [3.8, 4) is 0 Å².